The van der Waals surface area contributed by atoms with Crippen molar-refractivity contribution < 1.29 is 32.2 Å². The van der Waals surface area contributed by atoms with Gasteiger partial charge in [-0.3, -0.25) is 9.20 Å². The van der Waals surface area contributed by atoms with E-state index < -0.39 is 30.1 Å². The molecule has 0 aliphatic heterocycles. The zero-order valence-corrected chi connectivity index (χ0v) is 15.4. The average Bonchev–Trinajstić information content (AvgIpc) is 3.12. The molecule has 28 heavy (non-hydrogen) atoms. The minimum absolute atomic E-state index is 0.229. The molecule has 1 unspecified atom stereocenters. The molecular formula is C17H14F3N3O4S. The van der Waals surface area contributed by atoms with Crippen LogP contribution in [0.3, 0.4) is 0 Å². The molecule has 0 aliphatic rings. The van der Waals surface area contributed by atoms with Crippen LogP contribution in [0.15, 0.2) is 36.7 Å². The molecular weight excluding hydrogens is 399 g/mol. The third kappa shape index (κ3) is 4.80. The number of fused-ring (bicyclic) bond motifs is 1. The Balaban J connectivity index is 1.57. The molecule has 0 fully saturated rings. The number of carbonyl (C=O) groups is 2. The summed E-state index contributed by atoms with van der Waals surface area (Å²) in [6, 6.07) is 4.60. The van der Waals surface area contributed by atoms with E-state index in [1.54, 1.807) is 16.8 Å². The number of thiazole rings is 1. The van der Waals surface area contributed by atoms with Gasteiger partial charge < -0.3 is 14.8 Å². The second kappa shape index (κ2) is 7.50. The van der Waals surface area contributed by atoms with Crippen LogP contribution in [0.2, 0.25) is 0 Å². The lowest BCUT2D eigenvalue weighted by Gasteiger charge is -2.13. The number of aromatic nitrogens is 2. The van der Waals surface area contributed by atoms with E-state index in [9.17, 15) is 22.8 Å². The van der Waals surface area contributed by atoms with Gasteiger partial charge in [0.2, 0.25) is 0 Å². The molecule has 3 rings (SSSR count). The lowest BCUT2D eigenvalue weighted by molar-refractivity contribution is -0.274. The van der Waals surface area contributed by atoms with Crippen LogP contribution in [-0.2, 0) is 9.53 Å². The van der Waals surface area contributed by atoms with E-state index in [0.717, 1.165) is 29.2 Å². The van der Waals surface area contributed by atoms with Crippen LogP contribution in [0.5, 0.6) is 5.75 Å². The summed E-state index contributed by atoms with van der Waals surface area (Å²) in [6.07, 6.45) is -2.60. The van der Waals surface area contributed by atoms with Crippen molar-refractivity contribution in [2.45, 2.75) is 26.3 Å². The maximum Gasteiger partial charge on any atom is 0.573 e. The third-order valence-corrected chi connectivity index (χ3v) is 4.46. The molecule has 0 saturated carbocycles. The third-order valence-electron chi connectivity index (χ3n) is 3.49. The molecule has 148 valence electrons. The maximum absolute atomic E-state index is 12.2. The monoisotopic (exact) mass is 413 g/mol. The Kier molecular flexibility index (Phi) is 5.27. The standard InChI is InChI=1S/C17H14F3N3O4S/c1-9-7-23-8-13(28-16(23)21-9)15(25)26-10(2)14(24)22-11-3-5-12(6-4-11)27-17(18,19)20/h3-8,10H,1-2H3,(H,22,24). The second-order valence-corrected chi connectivity index (χ2v) is 6.79. The van der Waals surface area contributed by atoms with E-state index >= 15 is 0 Å². The first-order chi connectivity index (χ1) is 13.1. The van der Waals surface area contributed by atoms with Gasteiger partial charge in [-0.1, -0.05) is 11.3 Å². The molecule has 2 heterocycles. The molecule has 1 atom stereocenters. The van der Waals surface area contributed by atoms with Gasteiger partial charge in [-0.2, -0.15) is 0 Å². The van der Waals surface area contributed by atoms with Gasteiger partial charge in [0.1, 0.15) is 10.6 Å². The van der Waals surface area contributed by atoms with Gasteiger partial charge >= 0.3 is 12.3 Å². The molecule has 1 N–H and O–H groups in total. The molecule has 11 heteroatoms. The van der Waals surface area contributed by atoms with Crippen LogP contribution >= 0.6 is 11.3 Å². The molecule has 0 saturated heterocycles. The number of carbonyl (C=O) groups excluding carboxylic acids is 2. The van der Waals surface area contributed by atoms with E-state index in [-0.39, 0.29) is 10.6 Å². The Morgan fingerprint density at radius 1 is 1.21 bits per heavy atom. The molecule has 7 nitrogen and oxygen atoms in total. The van der Waals surface area contributed by atoms with Gasteiger partial charge in [0.25, 0.3) is 5.91 Å². The van der Waals surface area contributed by atoms with Crippen LogP contribution < -0.4 is 10.1 Å². The highest BCUT2D eigenvalue weighted by molar-refractivity contribution is 7.18. The highest BCUT2D eigenvalue weighted by Crippen LogP contribution is 2.24. The summed E-state index contributed by atoms with van der Waals surface area (Å²) in [7, 11) is 0. The minimum atomic E-state index is -4.80. The summed E-state index contributed by atoms with van der Waals surface area (Å²) in [6.45, 7) is 3.21. The van der Waals surface area contributed by atoms with Gasteiger partial charge in [0, 0.05) is 18.1 Å². The van der Waals surface area contributed by atoms with E-state index in [2.05, 4.69) is 15.0 Å². The fourth-order valence-corrected chi connectivity index (χ4v) is 3.16. The topological polar surface area (TPSA) is 81.9 Å². The van der Waals surface area contributed by atoms with Crippen LogP contribution in [-0.4, -0.2) is 33.7 Å². The Morgan fingerprint density at radius 3 is 2.50 bits per heavy atom. The van der Waals surface area contributed by atoms with Crippen molar-refractivity contribution in [3.05, 3.63) is 47.2 Å². The fourth-order valence-electron chi connectivity index (χ4n) is 2.26. The lowest BCUT2D eigenvalue weighted by atomic mass is 10.3. The summed E-state index contributed by atoms with van der Waals surface area (Å²) >= 11 is 1.13. The van der Waals surface area contributed by atoms with Gasteiger partial charge in [0.15, 0.2) is 11.1 Å². The van der Waals surface area contributed by atoms with Gasteiger partial charge in [-0.25, -0.2) is 9.78 Å². The number of hydrogen-bond donors (Lipinski definition) is 1. The zero-order valence-electron chi connectivity index (χ0n) is 14.6. The Hall–Kier alpha value is -3.08. The summed E-state index contributed by atoms with van der Waals surface area (Å²) in [4.78, 5) is 29.5. The van der Waals surface area contributed by atoms with Gasteiger partial charge in [-0.15, -0.1) is 13.2 Å². The van der Waals surface area contributed by atoms with E-state index in [1.165, 1.54) is 19.1 Å². The van der Waals surface area contributed by atoms with Crippen LogP contribution in [0.25, 0.3) is 4.96 Å². The van der Waals surface area contributed by atoms with Gasteiger partial charge in [0.05, 0.1) is 5.69 Å². The number of hydrogen-bond acceptors (Lipinski definition) is 6. The molecule has 0 aliphatic carbocycles. The summed E-state index contributed by atoms with van der Waals surface area (Å²) in [5, 5.41) is 2.45. The van der Waals surface area contributed by atoms with Crippen molar-refractivity contribution in [1.82, 2.24) is 9.38 Å². The molecule has 0 spiro atoms. The highest BCUT2D eigenvalue weighted by Gasteiger charge is 2.31. The summed E-state index contributed by atoms with van der Waals surface area (Å²) in [5.74, 6) is -1.72. The summed E-state index contributed by atoms with van der Waals surface area (Å²) in [5.41, 5.74) is 1.04. The Bertz CT molecular complexity index is 979. The molecule has 0 bridgehead atoms. The van der Waals surface area contributed by atoms with E-state index in [4.69, 9.17) is 4.74 Å². The SMILES string of the molecule is Cc1cn2cc(C(=O)OC(C)C(=O)Nc3ccc(OC(F)(F)F)cc3)sc2n1. The molecule has 1 amide bonds. The van der Waals surface area contributed by atoms with Crippen LogP contribution in [0, 0.1) is 6.92 Å². The molecule has 3 aromatic rings. The first-order valence-corrected chi connectivity index (χ1v) is 8.75. The van der Waals surface area contributed by atoms with Crippen molar-refractivity contribution in [2.24, 2.45) is 0 Å². The smallest absolute Gasteiger partial charge is 0.448 e. The molecule has 2 aromatic heterocycles. The van der Waals surface area contributed by atoms with E-state index in [1.807, 2.05) is 6.92 Å². The van der Waals surface area contributed by atoms with Crippen LogP contribution in [0.4, 0.5) is 18.9 Å². The quantitative estimate of drug-likeness (QED) is 0.644. The predicted molar refractivity (Wildman–Crippen MR) is 94.4 cm³/mol. The largest absolute Gasteiger partial charge is 0.573 e. The summed E-state index contributed by atoms with van der Waals surface area (Å²) < 4.78 is 47.0. The maximum atomic E-state index is 12.2. The Labute approximate surface area is 160 Å². The number of rotatable bonds is 5. The second-order valence-electron chi connectivity index (χ2n) is 5.78. The zero-order chi connectivity index (χ0) is 20.5. The molecule has 0 radical (unpaired) electrons. The normalized spacial score (nSPS) is 12.6. The van der Waals surface area contributed by atoms with Crippen molar-refractivity contribution in [1.29, 1.82) is 0 Å². The minimum Gasteiger partial charge on any atom is -0.448 e. The van der Waals surface area contributed by atoms with Crippen molar-refractivity contribution in [3.8, 4) is 5.75 Å². The van der Waals surface area contributed by atoms with Crippen molar-refractivity contribution in [2.75, 3.05) is 5.32 Å². The number of imidazole rings is 1. The number of halogens is 3. The number of ether oxygens (including phenoxy) is 2. The van der Waals surface area contributed by atoms with Crippen LogP contribution in [0.1, 0.15) is 22.3 Å². The first-order valence-electron chi connectivity index (χ1n) is 7.93. The number of nitrogens with zero attached hydrogens (tertiary/aromatic N) is 2. The average molecular weight is 413 g/mol. The number of amides is 1. The number of aryl methyl sites for hydroxylation is 1. The first kappa shape index (κ1) is 19.7. The number of esters is 1. The fraction of sp³-hybridized carbons (Fsp3) is 0.235. The highest BCUT2D eigenvalue weighted by atomic mass is 32.1. The van der Waals surface area contributed by atoms with Crippen molar-refractivity contribution >= 4 is 33.9 Å². The van der Waals surface area contributed by atoms with Crippen molar-refractivity contribution in [3.63, 3.8) is 0 Å². The number of anilines is 1. The molecule has 1 aromatic carbocycles. The van der Waals surface area contributed by atoms with Gasteiger partial charge in [-0.05, 0) is 38.1 Å². The number of nitrogens with one attached hydrogen (secondary N) is 1. The number of alkyl halides is 3. The number of benzene rings is 1. The predicted octanol–water partition coefficient (Wildman–Crippen LogP) is 3.79. The Morgan fingerprint density at radius 2 is 1.89 bits per heavy atom. The lowest BCUT2D eigenvalue weighted by Crippen LogP contribution is -2.29. The van der Waals surface area contributed by atoms with E-state index in [0.29, 0.717) is 4.96 Å².